The molecule has 0 fully saturated rings. The van der Waals surface area contributed by atoms with Gasteiger partial charge in [0.2, 0.25) is 0 Å². The van der Waals surface area contributed by atoms with Gasteiger partial charge in [0.1, 0.15) is 19.8 Å². The van der Waals surface area contributed by atoms with Crippen LogP contribution in [-0.2, 0) is 32.7 Å². The number of quaternary nitrogens is 1. The number of allylic oxidation sites excluding steroid dienone is 2. The Balaban J connectivity index is 4.29. The second kappa shape index (κ2) is 32.6. The van der Waals surface area contributed by atoms with Gasteiger partial charge < -0.3 is 27.9 Å². The first kappa shape index (κ1) is 47.8. The molecule has 0 saturated heterocycles. The standard InChI is InChI=1S/C39H76NO8P/c1-6-8-10-12-14-16-17-18-19-20-21-22-23-24-26-27-29-31-38(41)45-35-37(36-47-49(43,44)46-34-33-40(3,4)5)48-39(42)32-30-28-25-15-13-11-9-7-2/h16-17,37H,6-15,18-36H2,1-5H3/b17-16+/t37-/m0/s1. The van der Waals surface area contributed by atoms with Crippen molar-refractivity contribution in [2.75, 3.05) is 47.5 Å². The van der Waals surface area contributed by atoms with E-state index in [0.717, 1.165) is 38.5 Å². The Labute approximate surface area is 301 Å². The molecule has 0 aromatic rings. The molecule has 10 heteroatoms. The summed E-state index contributed by atoms with van der Waals surface area (Å²) < 4.78 is 33.7. The normalized spacial score (nSPS) is 13.8. The molecule has 9 nitrogen and oxygen atoms in total. The maximum absolute atomic E-state index is 12.5. The largest absolute Gasteiger partial charge is 0.756 e. The van der Waals surface area contributed by atoms with E-state index >= 15 is 0 Å². The molecule has 49 heavy (non-hydrogen) atoms. The number of carbonyl (C=O) groups is 2. The summed E-state index contributed by atoms with van der Waals surface area (Å²) in [5, 5.41) is 0. The SMILES string of the molecule is CCCCCC/C=C/CCCCCCCCCCCC(=O)OC[C@@H](COP(=O)([O-])OCC[N+](C)(C)C)OC(=O)CCCCCCCCCC. The summed E-state index contributed by atoms with van der Waals surface area (Å²) >= 11 is 0. The quantitative estimate of drug-likeness (QED) is 0.0207. The van der Waals surface area contributed by atoms with Crippen molar-refractivity contribution in [1.82, 2.24) is 0 Å². The minimum Gasteiger partial charge on any atom is -0.756 e. The van der Waals surface area contributed by atoms with Crippen LogP contribution < -0.4 is 4.89 Å². The van der Waals surface area contributed by atoms with Crippen molar-refractivity contribution in [3.63, 3.8) is 0 Å². The second-order valence-electron chi connectivity index (χ2n) is 14.7. The number of hydrogen-bond acceptors (Lipinski definition) is 8. The first-order chi connectivity index (χ1) is 23.5. The molecule has 0 rings (SSSR count). The maximum Gasteiger partial charge on any atom is 0.306 e. The first-order valence-corrected chi connectivity index (χ1v) is 21.4. The van der Waals surface area contributed by atoms with Gasteiger partial charge in [0, 0.05) is 12.8 Å². The average Bonchev–Trinajstić information content (AvgIpc) is 3.04. The van der Waals surface area contributed by atoms with Crippen LogP contribution in [-0.4, -0.2) is 70.0 Å². The van der Waals surface area contributed by atoms with Crippen LogP contribution in [0.5, 0.6) is 0 Å². The lowest BCUT2D eigenvalue weighted by Gasteiger charge is -2.28. The predicted molar refractivity (Wildman–Crippen MR) is 199 cm³/mol. The lowest BCUT2D eigenvalue weighted by Crippen LogP contribution is -2.37. The Morgan fingerprint density at radius 3 is 1.53 bits per heavy atom. The zero-order valence-electron chi connectivity index (χ0n) is 32.4. The number of nitrogens with zero attached hydrogens (tertiary/aromatic N) is 1. The number of phosphoric ester groups is 1. The van der Waals surface area contributed by atoms with Gasteiger partial charge in [-0.2, -0.15) is 0 Å². The van der Waals surface area contributed by atoms with Gasteiger partial charge >= 0.3 is 11.9 Å². The number of likely N-dealkylation sites (N-methyl/N-ethyl adjacent to an activating group) is 1. The molecule has 0 aromatic carbocycles. The van der Waals surface area contributed by atoms with E-state index in [0.29, 0.717) is 17.4 Å². The maximum atomic E-state index is 12.5. The van der Waals surface area contributed by atoms with E-state index in [9.17, 15) is 19.0 Å². The van der Waals surface area contributed by atoms with Crippen LogP contribution >= 0.6 is 7.82 Å². The average molecular weight is 718 g/mol. The molecule has 1 unspecified atom stereocenters. The third-order valence-corrected chi connectivity index (χ3v) is 9.50. The number of carbonyl (C=O) groups excluding carboxylic acids is 2. The Morgan fingerprint density at radius 2 is 1.04 bits per heavy atom. The molecule has 0 bridgehead atoms. The third kappa shape index (κ3) is 36.3. The molecular formula is C39H76NO8P. The van der Waals surface area contributed by atoms with Gasteiger partial charge in [0.05, 0.1) is 27.7 Å². The molecule has 0 aromatic heterocycles. The summed E-state index contributed by atoms with van der Waals surface area (Å²) in [5.41, 5.74) is 0. The first-order valence-electron chi connectivity index (χ1n) is 19.9. The van der Waals surface area contributed by atoms with E-state index in [1.165, 1.54) is 103 Å². The number of unbranched alkanes of at least 4 members (excludes halogenated alkanes) is 20. The highest BCUT2D eigenvalue weighted by atomic mass is 31.2. The van der Waals surface area contributed by atoms with Crippen molar-refractivity contribution in [2.45, 2.75) is 180 Å². The highest BCUT2D eigenvalue weighted by molar-refractivity contribution is 7.45. The topological polar surface area (TPSA) is 111 Å². The van der Waals surface area contributed by atoms with Crippen molar-refractivity contribution in [3.05, 3.63) is 12.2 Å². The highest BCUT2D eigenvalue weighted by Gasteiger charge is 2.21. The predicted octanol–water partition coefficient (Wildman–Crippen LogP) is 10.00. The van der Waals surface area contributed by atoms with Crippen molar-refractivity contribution in [2.24, 2.45) is 0 Å². The van der Waals surface area contributed by atoms with Crippen LogP contribution in [0.1, 0.15) is 174 Å². The molecule has 0 aliphatic heterocycles. The van der Waals surface area contributed by atoms with Crippen LogP contribution in [0.2, 0.25) is 0 Å². The molecule has 0 aliphatic rings. The number of esters is 2. The molecular weight excluding hydrogens is 641 g/mol. The van der Waals surface area contributed by atoms with Gasteiger partial charge in [-0.3, -0.25) is 14.2 Å². The number of ether oxygens (including phenoxy) is 2. The minimum atomic E-state index is -4.61. The van der Waals surface area contributed by atoms with Gasteiger partial charge in [-0.15, -0.1) is 0 Å². The van der Waals surface area contributed by atoms with Gasteiger partial charge in [-0.25, -0.2) is 0 Å². The molecule has 0 radical (unpaired) electrons. The molecule has 2 atom stereocenters. The van der Waals surface area contributed by atoms with E-state index in [4.69, 9.17) is 18.5 Å². The molecule has 290 valence electrons. The summed E-state index contributed by atoms with van der Waals surface area (Å²) in [6.45, 7) is 4.18. The van der Waals surface area contributed by atoms with Crippen molar-refractivity contribution < 1.29 is 42.1 Å². The van der Waals surface area contributed by atoms with Crippen molar-refractivity contribution in [1.29, 1.82) is 0 Å². The fourth-order valence-corrected chi connectivity index (χ4v) is 6.08. The molecule has 0 N–H and O–H groups in total. The van der Waals surface area contributed by atoms with E-state index in [2.05, 4.69) is 26.0 Å². The number of phosphoric acid groups is 1. The van der Waals surface area contributed by atoms with Crippen molar-refractivity contribution >= 4 is 19.8 Å². The molecule has 0 amide bonds. The Hall–Kier alpha value is -1.25. The zero-order valence-corrected chi connectivity index (χ0v) is 33.3. The fraction of sp³-hybridized carbons (Fsp3) is 0.897. The third-order valence-electron chi connectivity index (χ3n) is 8.54. The number of rotatable bonds is 36. The summed E-state index contributed by atoms with van der Waals surface area (Å²) in [5.74, 6) is -0.837. The molecule has 0 aliphatic carbocycles. The minimum absolute atomic E-state index is 0.0284. The fourth-order valence-electron chi connectivity index (χ4n) is 5.35. The van der Waals surface area contributed by atoms with Crippen molar-refractivity contribution in [3.8, 4) is 0 Å². The Kier molecular flexibility index (Phi) is 31.8. The molecule has 0 saturated carbocycles. The summed E-state index contributed by atoms with van der Waals surface area (Å²) in [6.07, 6.45) is 31.0. The van der Waals surface area contributed by atoms with Crippen LogP contribution in [0.4, 0.5) is 0 Å². The van der Waals surface area contributed by atoms with E-state index in [1.807, 2.05) is 21.1 Å². The lowest BCUT2D eigenvalue weighted by atomic mass is 10.1. The highest BCUT2D eigenvalue weighted by Crippen LogP contribution is 2.38. The second-order valence-corrected chi connectivity index (χ2v) is 16.1. The van der Waals surface area contributed by atoms with E-state index in [-0.39, 0.29) is 32.0 Å². The van der Waals surface area contributed by atoms with Crippen LogP contribution in [0.15, 0.2) is 12.2 Å². The van der Waals surface area contributed by atoms with E-state index < -0.39 is 26.5 Å². The van der Waals surface area contributed by atoms with Crippen LogP contribution in [0.3, 0.4) is 0 Å². The van der Waals surface area contributed by atoms with E-state index in [1.54, 1.807) is 0 Å². The lowest BCUT2D eigenvalue weighted by molar-refractivity contribution is -0.870. The summed E-state index contributed by atoms with van der Waals surface area (Å²) in [4.78, 5) is 37.2. The van der Waals surface area contributed by atoms with Gasteiger partial charge in [-0.05, 0) is 38.5 Å². The smallest absolute Gasteiger partial charge is 0.306 e. The van der Waals surface area contributed by atoms with Gasteiger partial charge in [-0.1, -0.05) is 135 Å². The molecule has 0 spiro atoms. The van der Waals surface area contributed by atoms with Crippen LogP contribution in [0, 0.1) is 0 Å². The monoisotopic (exact) mass is 718 g/mol. The Bertz CT molecular complexity index is 860. The number of hydrogen-bond donors (Lipinski definition) is 0. The molecule has 0 heterocycles. The van der Waals surface area contributed by atoms with Gasteiger partial charge in [0.15, 0.2) is 6.10 Å². The van der Waals surface area contributed by atoms with Crippen LogP contribution in [0.25, 0.3) is 0 Å². The Morgan fingerprint density at radius 1 is 0.612 bits per heavy atom. The zero-order chi connectivity index (χ0) is 36.5. The summed E-state index contributed by atoms with van der Waals surface area (Å²) in [6, 6.07) is 0. The van der Waals surface area contributed by atoms with Gasteiger partial charge in [0.25, 0.3) is 7.82 Å². The summed E-state index contributed by atoms with van der Waals surface area (Å²) in [7, 11) is 1.17.